The molecule has 0 atom stereocenters. The van der Waals surface area contributed by atoms with Crippen molar-refractivity contribution in [2.75, 3.05) is 11.3 Å². The summed E-state index contributed by atoms with van der Waals surface area (Å²) >= 11 is 7.10. The number of anilines is 1. The Balaban J connectivity index is 2.11. The first-order valence-corrected chi connectivity index (χ1v) is 10.9. The number of carbonyl (C=O) groups is 1. The minimum atomic E-state index is -4.06. The van der Waals surface area contributed by atoms with Crippen molar-refractivity contribution in [3.63, 3.8) is 0 Å². The first-order valence-electron chi connectivity index (χ1n) is 8.20. The van der Waals surface area contributed by atoms with Crippen LogP contribution in [0.5, 0.6) is 0 Å². The van der Waals surface area contributed by atoms with E-state index >= 15 is 0 Å². The van der Waals surface area contributed by atoms with Crippen LogP contribution >= 0.6 is 22.9 Å². The number of hydrogen-bond acceptors (Lipinski definition) is 6. The molecule has 0 saturated heterocycles. The fourth-order valence-electron chi connectivity index (χ4n) is 2.77. The number of sulfonamides is 1. The number of nitrogens with zero attached hydrogens (tertiary/aromatic N) is 1. The molecule has 0 aliphatic rings. The summed E-state index contributed by atoms with van der Waals surface area (Å²) in [5.74, 6) is -0.597. The molecule has 0 bridgehead atoms. The number of benzene rings is 2. The molecule has 0 radical (unpaired) electrons. The van der Waals surface area contributed by atoms with Crippen LogP contribution in [0.1, 0.15) is 27.7 Å². The smallest absolute Gasteiger partial charge is 0.348 e. The van der Waals surface area contributed by atoms with Crippen LogP contribution in [0.25, 0.3) is 10.8 Å². The second kappa shape index (κ2) is 7.80. The van der Waals surface area contributed by atoms with Gasteiger partial charge in [0.15, 0.2) is 0 Å². The highest BCUT2D eigenvalue weighted by molar-refractivity contribution is 7.93. The summed E-state index contributed by atoms with van der Waals surface area (Å²) in [6, 6.07) is 11.9. The van der Waals surface area contributed by atoms with E-state index in [0.29, 0.717) is 21.4 Å². The van der Waals surface area contributed by atoms with Crippen LogP contribution in [0.15, 0.2) is 41.3 Å². The van der Waals surface area contributed by atoms with Crippen LogP contribution < -0.4 is 4.72 Å². The Labute approximate surface area is 171 Å². The predicted molar refractivity (Wildman–Crippen MR) is 109 cm³/mol. The Bertz CT molecular complexity index is 1220. The lowest BCUT2D eigenvalue weighted by Crippen LogP contribution is -2.13. The zero-order valence-electron chi connectivity index (χ0n) is 14.9. The summed E-state index contributed by atoms with van der Waals surface area (Å²) < 4.78 is 33.5. The quantitative estimate of drug-likeness (QED) is 0.586. The van der Waals surface area contributed by atoms with Crippen molar-refractivity contribution >= 4 is 54.7 Å². The Hall–Kier alpha value is -2.60. The molecule has 1 N–H and O–H groups in total. The van der Waals surface area contributed by atoms with Crippen molar-refractivity contribution in [2.45, 2.75) is 18.7 Å². The van der Waals surface area contributed by atoms with Gasteiger partial charge in [-0.3, -0.25) is 4.72 Å². The van der Waals surface area contributed by atoms with Crippen LogP contribution in [0.3, 0.4) is 0 Å². The van der Waals surface area contributed by atoms with E-state index in [2.05, 4.69) is 4.72 Å². The summed E-state index contributed by atoms with van der Waals surface area (Å²) in [5, 5.41) is 10.9. The van der Waals surface area contributed by atoms with Gasteiger partial charge in [0.05, 0.1) is 17.1 Å². The predicted octanol–water partition coefficient (Wildman–Crippen LogP) is 4.71. The molecule has 3 rings (SSSR count). The molecule has 1 aromatic heterocycles. The van der Waals surface area contributed by atoms with Crippen LogP contribution in [-0.4, -0.2) is 21.0 Å². The highest BCUT2D eigenvalue weighted by Crippen LogP contribution is 2.36. The fraction of sp³-hybridized carbons (Fsp3) is 0.158. The third kappa shape index (κ3) is 3.56. The number of rotatable bonds is 5. The highest BCUT2D eigenvalue weighted by Gasteiger charge is 2.26. The summed E-state index contributed by atoms with van der Waals surface area (Å²) in [4.78, 5) is 12.3. The van der Waals surface area contributed by atoms with Crippen molar-refractivity contribution in [1.82, 2.24) is 0 Å². The van der Waals surface area contributed by atoms with Gasteiger partial charge in [0.2, 0.25) is 0 Å². The van der Waals surface area contributed by atoms with E-state index in [-0.39, 0.29) is 26.9 Å². The Morgan fingerprint density at radius 1 is 1.29 bits per heavy atom. The van der Waals surface area contributed by atoms with Gasteiger partial charge in [0.1, 0.15) is 15.9 Å². The lowest BCUT2D eigenvalue weighted by atomic mass is 10.1. The second-order valence-electron chi connectivity index (χ2n) is 5.79. The number of esters is 1. The third-order valence-corrected chi connectivity index (χ3v) is 7.08. The molecule has 144 valence electrons. The lowest BCUT2D eigenvalue weighted by molar-refractivity contribution is 0.0531. The highest BCUT2D eigenvalue weighted by atomic mass is 35.5. The topological polar surface area (TPSA) is 96.3 Å². The SMILES string of the molecule is CCOC(=O)c1sc(NS(=O)(=O)c2cccc3cccc(Cl)c23)c(C#N)c1C. The normalized spacial score (nSPS) is 11.2. The maximum Gasteiger partial charge on any atom is 0.348 e. The van der Waals surface area contributed by atoms with E-state index in [1.807, 2.05) is 6.07 Å². The van der Waals surface area contributed by atoms with E-state index in [9.17, 15) is 18.5 Å². The van der Waals surface area contributed by atoms with E-state index in [4.69, 9.17) is 16.3 Å². The molecule has 1 heterocycles. The van der Waals surface area contributed by atoms with Crippen LogP contribution in [0.2, 0.25) is 5.02 Å². The van der Waals surface area contributed by atoms with Gasteiger partial charge in [-0.15, -0.1) is 11.3 Å². The molecular formula is C19H15ClN2O4S2. The molecule has 2 aromatic carbocycles. The molecule has 9 heteroatoms. The second-order valence-corrected chi connectivity index (χ2v) is 8.87. The number of thiophene rings is 1. The molecule has 0 amide bonds. The van der Waals surface area contributed by atoms with Crippen molar-refractivity contribution in [3.8, 4) is 6.07 Å². The van der Waals surface area contributed by atoms with E-state index in [1.54, 1.807) is 44.2 Å². The number of nitrogens with one attached hydrogen (secondary N) is 1. The van der Waals surface area contributed by atoms with E-state index in [0.717, 1.165) is 11.3 Å². The number of fused-ring (bicyclic) bond motifs is 1. The maximum absolute atomic E-state index is 13.1. The summed E-state index contributed by atoms with van der Waals surface area (Å²) in [6.07, 6.45) is 0. The van der Waals surface area contributed by atoms with Crippen LogP contribution in [0, 0.1) is 18.3 Å². The van der Waals surface area contributed by atoms with Crippen molar-refractivity contribution in [2.24, 2.45) is 0 Å². The summed E-state index contributed by atoms with van der Waals surface area (Å²) in [7, 11) is -4.06. The van der Waals surface area contributed by atoms with E-state index < -0.39 is 16.0 Å². The van der Waals surface area contributed by atoms with Gasteiger partial charge in [0.25, 0.3) is 10.0 Å². The minimum Gasteiger partial charge on any atom is -0.462 e. The Morgan fingerprint density at radius 3 is 2.61 bits per heavy atom. The number of nitriles is 1. The van der Waals surface area contributed by atoms with Gasteiger partial charge >= 0.3 is 5.97 Å². The third-order valence-electron chi connectivity index (χ3n) is 4.05. The van der Waals surface area contributed by atoms with Gasteiger partial charge in [-0.25, -0.2) is 13.2 Å². The van der Waals surface area contributed by atoms with Crippen LogP contribution in [0.4, 0.5) is 5.00 Å². The zero-order chi connectivity index (χ0) is 20.5. The molecule has 0 aliphatic heterocycles. The molecule has 0 unspecified atom stereocenters. The van der Waals surface area contributed by atoms with Gasteiger partial charge in [0, 0.05) is 10.4 Å². The molecule has 6 nitrogen and oxygen atoms in total. The summed E-state index contributed by atoms with van der Waals surface area (Å²) in [6.45, 7) is 3.42. The lowest BCUT2D eigenvalue weighted by Gasteiger charge is -2.10. The molecule has 0 aliphatic carbocycles. The first-order chi connectivity index (χ1) is 13.3. The first kappa shape index (κ1) is 20.1. The average Bonchev–Trinajstić information content (AvgIpc) is 2.96. The Morgan fingerprint density at radius 2 is 1.96 bits per heavy atom. The summed E-state index contributed by atoms with van der Waals surface area (Å²) in [5.41, 5.74) is 0.461. The molecule has 28 heavy (non-hydrogen) atoms. The standard InChI is InChI=1S/C19H15ClN2O4S2/c1-3-26-19(23)17-11(2)13(10-21)18(27-17)22-28(24,25)15-9-5-7-12-6-4-8-14(20)16(12)15/h4-9,22H,3H2,1-2H3. The average molecular weight is 435 g/mol. The van der Waals surface area contributed by atoms with Crippen molar-refractivity contribution in [1.29, 1.82) is 5.26 Å². The zero-order valence-corrected chi connectivity index (χ0v) is 17.3. The molecule has 3 aromatic rings. The molecule has 0 fully saturated rings. The van der Waals surface area contributed by atoms with Gasteiger partial charge in [-0.2, -0.15) is 5.26 Å². The Kier molecular flexibility index (Phi) is 5.61. The van der Waals surface area contributed by atoms with Crippen molar-refractivity contribution in [3.05, 3.63) is 57.4 Å². The number of hydrogen-bond donors (Lipinski definition) is 1. The fourth-order valence-corrected chi connectivity index (χ4v) is 5.72. The molecule has 0 spiro atoms. The largest absolute Gasteiger partial charge is 0.462 e. The molecule has 0 saturated carbocycles. The number of carbonyl (C=O) groups excluding carboxylic acids is 1. The van der Waals surface area contributed by atoms with Crippen molar-refractivity contribution < 1.29 is 17.9 Å². The molecular weight excluding hydrogens is 420 g/mol. The minimum absolute atomic E-state index is 0.0109. The maximum atomic E-state index is 13.1. The van der Waals surface area contributed by atoms with Gasteiger partial charge < -0.3 is 4.74 Å². The van der Waals surface area contributed by atoms with Crippen LogP contribution in [-0.2, 0) is 14.8 Å². The van der Waals surface area contributed by atoms with Gasteiger partial charge in [-0.05, 0) is 36.9 Å². The number of halogens is 1. The van der Waals surface area contributed by atoms with Gasteiger partial charge in [-0.1, -0.05) is 35.9 Å². The number of ether oxygens (including phenoxy) is 1. The monoisotopic (exact) mass is 434 g/mol. The van der Waals surface area contributed by atoms with E-state index in [1.165, 1.54) is 6.07 Å².